The van der Waals surface area contributed by atoms with Crippen LogP contribution in [0.3, 0.4) is 0 Å². The molecular weight excluding hydrogens is 370 g/mol. The highest BCUT2D eigenvalue weighted by Gasteiger charge is 2.27. The minimum Gasteiger partial charge on any atom is -0.378 e. The van der Waals surface area contributed by atoms with Crippen molar-refractivity contribution in [3.8, 4) is 0 Å². The third-order valence-electron chi connectivity index (χ3n) is 5.64. The normalized spacial score (nSPS) is 18.3. The van der Waals surface area contributed by atoms with E-state index >= 15 is 0 Å². The number of fused-ring (bicyclic) bond motifs is 1. The average molecular weight is 393 g/mol. The molecule has 2 saturated heterocycles. The molecule has 150 valence electrons. The van der Waals surface area contributed by atoms with Crippen LogP contribution in [0.15, 0.2) is 30.7 Å². The number of anilines is 1. The number of aromatic nitrogens is 5. The third kappa shape index (κ3) is 3.65. The van der Waals surface area contributed by atoms with Crippen LogP contribution in [-0.2, 0) is 4.74 Å². The lowest BCUT2D eigenvalue weighted by Gasteiger charge is -2.32. The quantitative estimate of drug-likeness (QED) is 0.721. The van der Waals surface area contributed by atoms with Crippen LogP contribution in [0.2, 0.25) is 0 Å². The fraction of sp³-hybridized carbons (Fsp3) is 0.450. The van der Waals surface area contributed by atoms with E-state index in [1.807, 2.05) is 23.2 Å². The van der Waals surface area contributed by atoms with Gasteiger partial charge in [0.15, 0.2) is 5.65 Å². The molecule has 0 aliphatic carbocycles. The summed E-state index contributed by atoms with van der Waals surface area (Å²) in [6.45, 7) is 4.53. The smallest absolute Gasteiger partial charge is 0.272 e. The van der Waals surface area contributed by atoms with E-state index in [0.29, 0.717) is 24.4 Å². The monoisotopic (exact) mass is 393 g/mol. The predicted octanol–water partition coefficient (Wildman–Crippen LogP) is 1.60. The van der Waals surface area contributed by atoms with E-state index in [-0.39, 0.29) is 11.8 Å². The van der Waals surface area contributed by atoms with E-state index in [9.17, 15) is 4.79 Å². The van der Waals surface area contributed by atoms with Gasteiger partial charge in [-0.15, -0.1) is 0 Å². The molecule has 1 amide bonds. The van der Waals surface area contributed by atoms with Crippen LogP contribution in [0, 0.1) is 0 Å². The molecule has 0 bridgehead atoms. The first-order valence-electron chi connectivity index (χ1n) is 10.0. The Morgan fingerprint density at radius 2 is 1.86 bits per heavy atom. The first-order valence-corrected chi connectivity index (χ1v) is 10.0. The number of carbonyl (C=O) groups excluding carboxylic acids is 1. The molecule has 0 atom stereocenters. The topological polar surface area (TPSA) is 100 Å². The lowest BCUT2D eigenvalue weighted by Crippen LogP contribution is -2.39. The number of hydrogen-bond acceptors (Lipinski definition) is 7. The number of imidazole rings is 1. The zero-order chi connectivity index (χ0) is 19.6. The van der Waals surface area contributed by atoms with Crippen LogP contribution in [0.1, 0.15) is 35.1 Å². The van der Waals surface area contributed by atoms with E-state index in [1.165, 1.54) is 0 Å². The van der Waals surface area contributed by atoms with E-state index in [0.717, 1.165) is 56.3 Å². The van der Waals surface area contributed by atoms with Crippen LogP contribution in [0.4, 0.5) is 5.82 Å². The van der Waals surface area contributed by atoms with Crippen molar-refractivity contribution in [1.82, 2.24) is 29.8 Å². The summed E-state index contributed by atoms with van der Waals surface area (Å²) >= 11 is 0. The second-order valence-electron chi connectivity index (χ2n) is 7.41. The van der Waals surface area contributed by atoms with Gasteiger partial charge in [-0.05, 0) is 31.0 Å². The molecular formula is C20H23N7O2. The maximum absolute atomic E-state index is 12.8. The molecule has 3 aromatic rings. The lowest BCUT2D eigenvalue weighted by molar-refractivity contribution is 0.0705. The van der Waals surface area contributed by atoms with Crippen LogP contribution < -0.4 is 4.90 Å². The number of amides is 1. The molecule has 1 N–H and O–H groups in total. The van der Waals surface area contributed by atoms with Gasteiger partial charge in [0.1, 0.15) is 17.3 Å². The number of piperidine rings is 1. The summed E-state index contributed by atoms with van der Waals surface area (Å²) < 4.78 is 5.42. The maximum atomic E-state index is 12.8. The summed E-state index contributed by atoms with van der Waals surface area (Å²) in [4.78, 5) is 37.8. The Kier molecular flexibility index (Phi) is 4.81. The van der Waals surface area contributed by atoms with Gasteiger partial charge in [-0.2, -0.15) is 0 Å². The number of aromatic amines is 1. The Labute approximate surface area is 168 Å². The van der Waals surface area contributed by atoms with Crippen molar-refractivity contribution < 1.29 is 9.53 Å². The van der Waals surface area contributed by atoms with Gasteiger partial charge in [-0.3, -0.25) is 4.79 Å². The molecule has 2 fully saturated rings. The third-order valence-corrected chi connectivity index (χ3v) is 5.64. The van der Waals surface area contributed by atoms with Gasteiger partial charge in [-0.1, -0.05) is 0 Å². The SMILES string of the molecule is O=C(c1ccc2[nH]cnc2n1)N1CCC(c2nccc(N3CCOCC3)n2)CC1. The molecule has 9 heteroatoms. The Balaban J connectivity index is 1.24. The van der Waals surface area contributed by atoms with E-state index < -0.39 is 0 Å². The van der Waals surface area contributed by atoms with E-state index in [2.05, 4.69) is 24.8 Å². The van der Waals surface area contributed by atoms with Gasteiger partial charge >= 0.3 is 0 Å². The van der Waals surface area contributed by atoms with Crippen molar-refractivity contribution in [3.63, 3.8) is 0 Å². The van der Waals surface area contributed by atoms with Gasteiger partial charge in [0.25, 0.3) is 5.91 Å². The van der Waals surface area contributed by atoms with Gasteiger partial charge in [0, 0.05) is 38.3 Å². The molecule has 5 heterocycles. The number of nitrogens with one attached hydrogen (secondary N) is 1. The molecule has 0 unspecified atom stereocenters. The van der Waals surface area contributed by atoms with Gasteiger partial charge in [-0.25, -0.2) is 19.9 Å². The minimum atomic E-state index is -0.0451. The highest BCUT2D eigenvalue weighted by atomic mass is 16.5. The fourth-order valence-electron chi connectivity index (χ4n) is 3.97. The Morgan fingerprint density at radius 1 is 1.03 bits per heavy atom. The molecule has 3 aromatic heterocycles. The molecule has 9 nitrogen and oxygen atoms in total. The fourth-order valence-corrected chi connectivity index (χ4v) is 3.97. The Hall–Kier alpha value is -3.07. The number of ether oxygens (including phenoxy) is 1. The van der Waals surface area contributed by atoms with Crippen molar-refractivity contribution in [2.24, 2.45) is 0 Å². The second-order valence-corrected chi connectivity index (χ2v) is 7.41. The van der Waals surface area contributed by atoms with Gasteiger partial charge in [0.2, 0.25) is 0 Å². The second kappa shape index (κ2) is 7.75. The van der Waals surface area contributed by atoms with Crippen LogP contribution in [0.5, 0.6) is 0 Å². The molecule has 29 heavy (non-hydrogen) atoms. The molecule has 5 rings (SSSR count). The minimum absolute atomic E-state index is 0.0451. The van der Waals surface area contributed by atoms with Crippen molar-refractivity contribution in [1.29, 1.82) is 0 Å². The molecule has 0 radical (unpaired) electrons. The predicted molar refractivity (Wildman–Crippen MR) is 107 cm³/mol. The number of rotatable bonds is 3. The zero-order valence-corrected chi connectivity index (χ0v) is 16.1. The summed E-state index contributed by atoms with van der Waals surface area (Å²) in [7, 11) is 0. The summed E-state index contributed by atoms with van der Waals surface area (Å²) in [5.41, 5.74) is 1.84. The number of hydrogen-bond donors (Lipinski definition) is 1. The summed E-state index contributed by atoms with van der Waals surface area (Å²) in [6, 6.07) is 5.56. The lowest BCUT2D eigenvalue weighted by atomic mass is 9.95. The number of nitrogens with zero attached hydrogens (tertiary/aromatic N) is 6. The van der Waals surface area contributed by atoms with Crippen molar-refractivity contribution in [3.05, 3.63) is 42.2 Å². The molecule has 2 aliphatic rings. The number of likely N-dealkylation sites (tertiary alicyclic amines) is 1. The zero-order valence-electron chi connectivity index (χ0n) is 16.1. The standard InChI is InChI=1S/C20H23N7O2/c28-20(16-2-1-15-19(24-16)23-13-22-15)27-7-4-14(5-8-27)18-21-6-3-17(25-18)26-9-11-29-12-10-26/h1-3,6,13-14H,4-5,7-12H2,(H,22,23,24). The van der Waals surface area contributed by atoms with Gasteiger partial charge in [0.05, 0.1) is 25.1 Å². The van der Waals surface area contributed by atoms with Gasteiger partial charge < -0.3 is 19.5 Å². The largest absolute Gasteiger partial charge is 0.378 e. The maximum Gasteiger partial charge on any atom is 0.272 e. The molecule has 0 spiro atoms. The number of pyridine rings is 1. The number of H-pyrrole nitrogens is 1. The number of carbonyl (C=O) groups is 1. The molecule has 2 aliphatic heterocycles. The first-order chi connectivity index (χ1) is 14.3. The first kappa shape index (κ1) is 18.0. The summed E-state index contributed by atoms with van der Waals surface area (Å²) in [5.74, 6) is 2.06. The average Bonchev–Trinajstić information content (AvgIpc) is 3.27. The van der Waals surface area contributed by atoms with E-state index in [1.54, 1.807) is 12.4 Å². The summed E-state index contributed by atoms with van der Waals surface area (Å²) in [5, 5.41) is 0. The summed E-state index contributed by atoms with van der Waals surface area (Å²) in [6.07, 6.45) is 5.13. The van der Waals surface area contributed by atoms with E-state index in [4.69, 9.17) is 9.72 Å². The molecule has 0 aromatic carbocycles. The van der Waals surface area contributed by atoms with Crippen LogP contribution >= 0.6 is 0 Å². The number of morpholine rings is 1. The molecule has 0 saturated carbocycles. The van der Waals surface area contributed by atoms with Crippen molar-refractivity contribution in [2.75, 3.05) is 44.3 Å². The Bertz CT molecular complexity index is 1010. The highest BCUT2D eigenvalue weighted by molar-refractivity contribution is 5.94. The van der Waals surface area contributed by atoms with Crippen molar-refractivity contribution >= 4 is 22.9 Å². The van der Waals surface area contributed by atoms with Crippen LogP contribution in [0.25, 0.3) is 11.2 Å². The van der Waals surface area contributed by atoms with Crippen LogP contribution in [-0.4, -0.2) is 75.1 Å². The highest BCUT2D eigenvalue weighted by Crippen LogP contribution is 2.27. The van der Waals surface area contributed by atoms with Crippen molar-refractivity contribution in [2.45, 2.75) is 18.8 Å². The Morgan fingerprint density at radius 3 is 2.69 bits per heavy atom.